The summed E-state index contributed by atoms with van der Waals surface area (Å²) in [5.74, 6) is 0.976. The van der Waals surface area contributed by atoms with Gasteiger partial charge < -0.3 is 2.85 Å². The zero-order chi connectivity index (χ0) is 11.8. The molecule has 0 nitrogen and oxygen atoms in total. The Bertz CT molecular complexity index is 327. The van der Waals surface area contributed by atoms with Crippen LogP contribution in [0, 0.1) is 18.1 Å². The first-order valence-electron chi connectivity index (χ1n) is 6.93. The Labute approximate surface area is 134 Å². The van der Waals surface area contributed by atoms with E-state index in [1.807, 2.05) is 12.2 Å². The summed E-state index contributed by atoms with van der Waals surface area (Å²) in [5.41, 5.74) is 1.47. The average molecular weight is 320 g/mol. The fraction of sp³-hybridized carbons (Fsp3) is 0.529. The normalized spacial score (nSPS) is 21.2. The monoisotopic (exact) mass is 318 g/mol. The van der Waals surface area contributed by atoms with Gasteiger partial charge in [-0.3, -0.25) is 12.2 Å². The predicted molar refractivity (Wildman–Crippen MR) is 75.5 cm³/mol. The molecule has 0 unspecified atom stereocenters. The minimum absolute atomic E-state index is 0. The molecule has 0 amide bonds. The van der Waals surface area contributed by atoms with Crippen LogP contribution in [-0.4, -0.2) is 0 Å². The summed E-state index contributed by atoms with van der Waals surface area (Å²) in [6.07, 6.45) is 27.6. The van der Waals surface area contributed by atoms with Crippen LogP contribution in [0.1, 0.15) is 54.2 Å². The van der Waals surface area contributed by atoms with Crippen LogP contribution in [0.5, 0.6) is 0 Å². The van der Waals surface area contributed by atoms with Gasteiger partial charge in [0.1, 0.15) is 0 Å². The van der Waals surface area contributed by atoms with Crippen molar-refractivity contribution in [3.8, 4) is 0 Å². The van der Waals surface area contributed by atoms with E-state index < -0.39 is 0 Å². The van der Waals surface area contributed by atoms with Crippen molar-refractivity contribution in [2.24, 2.45) is 5.92 Å². The van der Waals surface area contributed by atoms with Crippen LogP contribution in [0.4, 0.5) is 0 Å². The third-order valence-corrected chi connectivity index (χ3v) is 3.59. The summed E-state index contributed by atoms with van der Waals surface area (Å²) in [7, 11) is 0. The summed E-state index contributed by atoms with van der Waals surface area (Å²) in [5, 5.41) is 0. The molecule has 0 aromatic carbocycles. The van der Waals surface area contributed by atoms with Crippen molar-refractivity contribution in [2.45, 2.75) is 51.4 Å². The number of allylic oxidation sites excluding steroid dienone is 8. The standard InChI is InChI=1S/C12H17.C5H5.Zr.2H/c1-2-6-11(7-3-1)10-12-8-4-5-9-12;1-2-4-5-3-1;;;/h4,8,11H,1-3,5-7,10H2;1-3H,4H2;;;/q2*-1;+2;2*-1. The molecule has 0 bridgehead atoms. The smallest absolute Gasteiger partial charge is 1.00 e. The topological polar surface area (TPSA) is 0 Å². The molecule has 98 valence electrons. The van der Waals surface area contributed by atoms with Crippen molar-refractivity contribution >= 4 is 0 Å². The first-order chi connectivity index (χ1) is 8.45. The van der Waals surface area contributed by atoms with Gasteiger partial charge in [0.2, 0.25) is 0 Å². The molecule has 0 saturated heterocycles. The molecule has 0 heterocycles. The van der Waals surface area contributed by atoms with Gasteiger partial charge in [0.15, 0.2) is 0 Å². The fourth-order valence-corrected chi connectivity index (χ4v) is 2.63. The zero-order valence-electron chi connectivity index (χ0n) is 13.1. The number of rotatable bonds is 2. The summed E-state index contributed by atoms with van der Waals surface area (Å²) < 4.78 is 0. The molecule has 0 aromatic rings. The third kappa shape index (κ3) is 6.14. The molecule has 0 atom stereocenters. The molecular formula is C17H24Zr-2. The van der Waals surface area contributed by atoms with Gasteiger partial charge in [-0.25, -0.2) is 23.8 Å². The van der Waals surface area contributed by atoms with Crippen molar-refractivity contribution in [3.63, 3.8) is 0 Å². The molecule has 0 aliphatic heterocycles. The van der Waals surface area contributed by atoms with E-state index in [0.29, 0.717) is 0 Å². The molecule has 18 heavy (non-hydrogen) atoms. The van der Waals surface area contributed by atoms with Crippen molar-refractivity contribution in [3.05, 3.63) is 48.1 Å². The Hall–Kier alpha value is -0.157. The Balaban J connectivity index is 0. The van der Waals surface area contributed by atoms with Crippen molar-refractivity contribution < 1.29 is 29.1 Å². The van der Waals surface area contributed by atoms with Crippen LogP contribution in [0.2, 0.25) is 0 Å². The minimum Gasteiger partial charge on any atom is -1.00 e. The maximum Gasteiger partial charge on any atom is 2.00 e. The Morgan fingerprint density at radius 2 is 1.94 bits per heavy atom. The summed E-state index contributed by atoms with van der Waals surface area (Å²) in [4.78, 5) is 0. The van der Waals surface area contributed by atoms with E-state index >= 15 is 0 Å². The Morgan fingerprint density at radius 1 is 1.11 bits per heavy atom. The zero-order valence-corrected chi connectivity index (χ0v) is 13.6. The van der Waals surface area contributed by atoms with Crippen LogP contribution in [0.3, 0.4) is 0 Å². The van der Waals surface area contributed by atoms with E-state index in [1.54, 1.807) is 0 Å². The molecule has 3 aliphatic carbocycles. The number of hydrogen-bond donors (Lipinski definition) is 0. The summed E-state index contributed by atoms with van der Waals surface area (Å²) in [6.45, 7) is 0. The predicted octanol–water partition coefficient (Wildman–Crippen LogP) is 5.17. The molecule has 3 aliphatic rings. The van der Waals surface area contributed by atoms with E-state index in [2.05, 4.69) is 30.4 Å². The fourth-order valence-electron chi connectivity index (χ4n) is 2.63. The maximum absolute atomic E-state index is 3.41. The molecule has 0 N–H and O–H groups in total. The van der Waals surface area contributed by atoms with Crippen molar-refractivity contribution in [1.29, 1.82) is 0 Å². The SMILES string of the molecule is [C-]1=C(CC2CCCCC2)C=CC1.[C-]1=CC=CC1.[H-].[H-].[Zr+2]. The van der Waals surface area contributed by atoms with Gasteiger partial charge in [-0.15, -0.1) is 12.8 Å². The summed E-state index contributed by atoms with van der Waals surface area (Å²) in [6, 6.07) is 0. The van der Waals surface area contributed by atoms with Crippen LogP contribution in [0.15, 0.2) is 36.0 Å². The molecule has 0 spiro atoms. The molecule has 1 heteroatoms. The molecular weight excluding hydrogens is 295 g/mol. The van der Waals surface area contributed by atoms with Crippen molar-refractivity contribution in [2.75, 3.05) is 0 Å². The second kappa shape index (κ2) is 9.73. The number of hydrogen-bond acceptors (Lipinski definition) is 0. The van der Waals surface area contributed by atoms with E-state index in [1.165, 1.54) is 44.1 Å². The van der Waals surface area contributed by atoms with Crippen LogP contribution in [-0.2, 0) is 26.2 Å². The largest absolute Gasteiger partial charge is 2.00 e. The molecule has 1 saturated carbocycles. The Morgan fingerprint density at radius 3 is 2.44 bits per heavy atom. The van der Waals surface area contributed by atoms with Gasteiger partial charge in [-0.1, -0.05) is 38.5 Å². The van der Waals surface area contributed by atoms with Gasteiger partial charge in [0.05, 0.1) is 0 Å². The Kier molecular flexibility index (Phi) is 8.60. The molecule has 0 aromatic heterocycles. The second-order valence-corrected chi connectivity index (χ2v) is 5.02. The van der Waals surface area contributed by atoms with Crippen LogP contribution in [0.25, 0.3) is 0 Å². The van der Waals surface area contributed by atoms with E-state index in [-0.39, 0.29) is 29.1 Å². The third-order valence-electron chi connectivity index (χ3n) is 3.59. The maximum atomic E-state index is 3.41. The van der Waals surface area contributed by atoms with Gasteiger partial charge in [-0.05, 0) is 5.92 Å². The first kappa shape index (κ1) is 15.9. The average Bonchev–Trinajstić information content (AvgIpc) is 3.06. The molecule has 0 radical (unpaired) electrons. The summed E-state index contributed by atoms with van der Waals surface area (Å²) >= 11 is 0. The van der Waals surface area contributed by atoms with E-state index in [4.69, 9.17) is 0 Å². The quantitative estimate of drug-likeness (QED) is 0.616. The molecule has 1 fully saturated rings. The van der Waals surface area contributed by atoms with Gasteiger partial charge in [0, 0.05) is 0 Å². The van der Waals surface area contributed by atoms with Crippen LogP contribution >= 0.6 is 0 Å². The molecule has 3 rings (SSSR count). The van der Waals surface area contributed by atoms with E-state index in [0.717, 1.165) is 18.8 Å². The second-order valence-electron chi connectivity index (χ2n) is 5.02. The van der Waals surface area contributed by atoms with Gasteiger partial charge in [-0.2, -0.15) is 12.2 Å². The first-order valence-corrected chi connectivity index (χ1v) is 6.93. The van der Waals surface area contributed by atoms with Gasteiger partial charge >= 0.3 is 26.2 Å². The van der Waals surface area contributed by atoms with E-state index in [9.17, 15) is 0 Å². The van der Waals surface area contributed by atoms with Crippen molar-refractivity contribution in [1.82, 2.24) is 0 Å². The van der Waals surface area contributed by atoms with Crippen LogP contribution < -0.4 is 0 Å². The van der Waals surface area contributed by atoms with Gasteiger partial charge in [0.25, 0.3) is 0 Å². The minimum atomic E-state index is 0.